The minimum Gasteiger partial charge on any atom is -0.481 e. The molecule has 0 unspecified atom stereocenters. The van der Waals surface area contributed by atoms with Gasteiger partial charge in [0.2, 0.25) is 11.8 Å². The van der Waals surface area contributed by atoms with E-state index in [9.17, 15) is 19.1 Å². The Labute approximate surface area is 222 Å². The van der Waals surface area contributed by atoms with E-state index in [1.165, 1.54) is 25.1 Å². The number of ether oxygens (including phenoxy) is 1. The minimum absolute atomic E-state index is 0. The average molecular weight is 549 g/mol. The Balaban J connectivity index is 0.00000320. The molecule has 5 rings (SSSR count). The molecule has 37 heavy (non-hydrogen) atoms. The quantitative estimate of drug-likeness (QED) is 0.423. The van der Waals surface area contributed by atoms with Gasteiger partial charge in [-0.1, -0.05) is 0 Å². The molecule has 10 nitrogen and oxygen atoms in total. The molecule has 3 aromatic rings. The van der Waals surface area contributed by atoms with E-state index in [0.717, 1.165) is 4.90 Å². The molecule has 2 aliphatic heterocycles. The van der Waals surface area contributed by atoms with Gasteiger partial charge in [0.15, 0.2) is 0 Å². The number of nitrogens with zero attached hydrogens (tertiary/aromatic N) is 4. The molecule has 0 spiro atoms. The molecule has 3 N–H and O–H groups in total. The molecular formula is C24H26ClFN6O4S. The molecule has 0 radical (unpaired) electrons. The van der Waals surface area contributed by atoms with Crippen LogP contribution in [0.3, 0.4) is 0 Å². The topological polar surface area (TPSA) is 130 Å². The Kier molecular flexibility index (Phi) is 8.42. The highest BCUT2D eigenvalue weighted by Gasteiger charge is 2.30. The summed E-state index contributed by atoms with van der Waals surface area (Å²) in [5.74, 6) is 0.0816. The van der Waals surface area contributed by atoms with Crippen LogP contribution >= 0.6 is 24.2 Å². The molecule has 0 bridgehead atoms. The highest BCUT2D eigenvalue weighted by Crippen LogP contribution is 2.29. The molecular weight excluding hydrogens is 523 g/mol. The summed E-state index contributed by atoms with van der Waals surface area (Å²) < 4.78 is 19.8. The zero-order chi connectivity index (χ0) is 25.2. The molecule has 2 atom stereocenters. The Morgan fingerprint density at radius 2 is 2.16 bits per heavy atom. The first-order chi connectivity index (χ1) is 17.4. The van der Waals surface area contributed by atoms with Gasteiger partial charge >= 0.3 is 0 Å². The second-order valence-corrected chi connectivity index (χ2v) is 9.69. The third-order valence-electron chi connectivity index (χ3n) is 6.32. The third kappa shape index (κ3) is 5.93. The lowest BCUT2D eigenvalue weighted by Crippen LogP contribution is -2.54. The predicted molar refractivity (Wildman–Crippen MR) is 139 cm³/mol. The van der Waals surface area contributed by atoms with Crippen molar-refractivity contribution in [2.24, 2.45) is 0 Å². The van der Waals surface area contributed by atoms with Gasteiger partial charge in [0.1, 0.15) is 17.3 Å². The predicted octanol–water partition coefficient (Wildman–Crippen LogP) is 2.05. The van der Waals surface area contributed by atoms with Gasteiger partial charge in [-0.2, -0.15) is 0 Å². The van der Waals surface area contributed by atoms with Crippen LogP contribution in [0, 0.1) is 5.82 Å². The van der Waals surface area contributed by atoms with Crippen LogP contribution in [0.2, 0.25) is 0 Å². The SMILES string of the molecule is COc1ccc2ncc(F)c(CCN3CC[C@H](NC(=O)c4ccc5c(n4)NC(=O)CS5)[C@@H](O)C3)c2n1.Cl. The van der Waals surface area contributed by atoms with Gasteiger partial charge in [0.05, 0.1) is 47.1 Å². The number of amides is 2. The minimum atomic E-state index is -0.798. The Bertz CT molecular complexity index is 1330. The van der Waals surface area contributed by atoms with E-state index in [2.05, 4.69) is 25.6 Å². The van der Waals surface area contributed by atoms with Crippen LogP contribution in [-0.4, -0.2) is 81.4 Å². The Morgan fingerprint density at radius 1 is 1.32 bits per heavy atom. The summed E-state index contributed by atoms with van der Waals surface area (Å²) in [5.41, 5.74) is 1.67. The molecule has 1 saturated heterocycles. The van der Waals surface area contributed by atoms with Crippen LogP contribution in [0.25, 0.3) is 11.0 Å². The lowest BCUT2D eigenvalue weighted by molar-refractivity contribution is -0.113. The van der Waals surface area contributed by atoms with E-state index < -0.39 is 23.9 Å². The number of aliphatic hydroxyl groups excluding tert-OH is 1. The number of piperidine rings is 1. The zero-order valence-electron chi connectivity index (χ0n) is 19.9. The molecule has 5 heterocycles. The number of rotatable bonds is 6. The average Bonchev–Trinajstić information content (AvgIpc) is 2.88. The number of aliphatic hydroxyl groups is 1. The zero-order valence-corrected chi connectivity index (χ0v) is 21.6. The second kappa shape index (κ2) is 11.5. The summed E-state index contributed by atoms with van der Waals surface area (Å²) in [6, 6.07) is 6.34. The lowest BCUT2D eigenvalue weighted by Gasteiger charge is -2.36. The fraction of sp³-hybridized carbons (Fsp3) is 0.375. The fourth-order valence-electron chi connectivity index (χ4n) is 4.40. The monoisotopic (exact) mass is 548 g/mol. The largest absolute Gasteiger partial charge is 0.481 e. The maximum Gasteiger partial charge on any atom is 0.270 e. The van der Waals surface area contributed by atoms with Crippen LogP contribution in [-0.2, 0) is 11.2 Å². The van der Waals surface area contributed by atoms with E-state index >= 15 is 0 Å². The van der Waals surface area contributed by atoms with Crippen LogP contribution < -0.4 is 15.4 Å². The van der Waals surface area contributed by atoms with Crippen molar-refractivity contribution in [2.75, 3.05) is 37.8 Å². The first-order valence-electron chi connectivity index (χ1n) is 11.5. The van der Waals surface area contributed by atoms with Gasteiger partial charge in [-0.25, -0.2) is 14.4 Å². The van der Waals surface area contributed by atoms with Crippen molar-refractivity contribution >= 4 is 52.8 Å². The van der Waals surface area contributed by atoms with E-state index in [4.69, 9.17) is 4.74 Å². The number of fused-ring (bicyclic) bond motifs is 2. The fourth-order valence-corrected chi connectivity index (χ4v) is 5.16. The summed E-state index contributed by atoms with van der Waals surface area (Å²) in [5, 5.41) is 16.2. The molecule has 2 amide bonds. The van der Waals surface area contributed by atoms with Crippen molar-refractivity contribution < 1.29 is 23.8 Å². The first-order valence-corrected chi connectivity index (χ1v) is 12.5. The number of likely N-dealkylation sites (tertiary alicyclic amines) is 1. The maximum atomic E-state index is 14.6. The van der Waals surface area contributed by atoms with Gasteiger partial charge in [-0.05, 0) is 31.0 Å². The lowest BCUT2D eigenvalue weighted by atomic mass is 10.0. The molecule has 0 aromatic carbocycles. The molecule has 13 heteroatoms. The van der Waals surface area contributed by atoms with Crippen molar-refractivity contribution in [3.63, 3.8) is 0 Å². The van der Waals surface area contributed by atoms with E-state index in [1.54, 1.807) is 24.3 Å². The number of hydrogen-bond donors (Lipinski definition) is 3. The molecule has 0 aliphatic carbocycles. The molecule has 3 aromatic heterocycles. The smallest absolute Gasteiger partial charge is 0.270 e. The molecule has 196 valence electrons. The van der Waals surface area contributed by atoms with Gasteiger partial charge in [-0.3, -0.25) is 14.6 Å². The number of aromatic nitrogens is 3. The number of β-amino-alcohol motifs (C(OH)–C–C–N with tert-alkyl or cyclic N) is 1. The van der Waals surface area contributed by atoms with Crippen LogP contribution in [0.4, 0.5) is 10.2 Å². The second-order valence-electron chi connectivity index (χ2n) is 8.67. The first kappa shape index (κ1) is 27.0. The number of carbonyl (C=O) groups excluding carboxylic acids is 2. The van der Waals surface area contributed by atoms with Crippen LogP contribution in [0.1, 0.15) is 22.5 Å². The Hall–Kier alpha value is -3.06. The molecule has 1 fully saturated rings. The molecule has 0 saturated carbocycles. The van der Waals surface area contributed by atoms with E-state index in [0.29, 0.717) is 66.5 Å². The molecule has 2 aliphatic rings. The summed E-state index contributed by atoms with van der Waals surface area (Å²) >= 11 is 1.37. The number of methoxy groups -OCH3 is 1. The van der Waals surface area contributed by atoms with Gasteiger partial charge in [-0.15, -0.1) is 24.2 Å². The standard InChI is InChI=1S/C24H25FN6O4S.ClH/c1-35-21-5-3-16-22(30-21)13(14(25)10-26-16)6-8-31-9-7-15(18(32)11-31)28-24(34)17-2-4-19-23(27-17)29-20(33)12-36-19;/h2-5,10,15,18,32H,6-9,11-12H2,1H3,(H,28,34)(H,27,29,33);1H/t15-,18-;/m0./s1. The number of pyridine rings is 3. The van der Waals surface area contributed by atoms with Gasteiger partial charge in [0, 0.05) is 31.3 Å². The van der Waals surface area contributed by atoms with Crippen LogP contribution in [0.5, 0.6) is 5.88 Å². The van der Waals surface area contributed by atoms with E-state index in [1.807, 2.05) is 4.90 Å². The summed E-state index contributed by atoms with van der Waals surface area (Å²) in [6.45, 7) is 1.46. The number of carbonyl (C=O) groups is 2. The van der Waals surface area contributed by atoms with Crippen molar-refractivity contribution in [1.29, 1.82) is 0 Å². The number of nitrogens with one attached hydrogen (secondary N) is 2. The summed E-state index contributed by atoms with van der Waals surface area (Å²) in [4.78, 5) is 39.9. The highest BCUT2D eigenvalue weighted by atomic mass is 35.5. The van der Waals surface area contributed by atoms with Crippen molar-refractivity contribution in [2.45, 2.75) is 29.9 Å². The summed E-state index contributed by atoms with van der Waals surface area (Å²) in [7, 11) is 1.50. The highest BCUT2D eigenvalue weighted by molar-refractivity contribution is 8.00. The van der Waals surface area contributed by atoms with Crippen molar-refractivity contribution in [3.8, 4) is 5.88 Å². The number of anilines is 1. The number of hydrogen-bond acceptors (Lipinski definition) is 9. The van der Waals surface area contributed by atoms with Crippen molar-refractivity contribution in [1.82, 2.24) is 25.2 Å². The van der Waals surface area contributed by atoms with Crippen molar-refractivity contribution in [3.05, 3.63) is 47.5 Å². The normalized spacial score (nSPS) is 19.5. The number of thioether (sulfide) groups is 1. The Morgan fingerprint density at radius 3 is 2.95 bits per heavy atom. The summed E-state index contributed by atoms with van der Waals surface area (Å²) in [6.07, 6.45) is 1.31. The van der Waals surface area contributed by atoms with E-state index in [-0.39, 0.29) is 24.0 Å². The van der Waals surface area contributed by atoms with Gasteiger partial charge in [0.25, 0.3) is 5.91 Å². The maximum absolute atomic E-state index is 14.6. The third-order valence-corrected chi connectivity index (χ3v) is 7.36. The van der Waals surface area contributed by atoms with Gasteiger partial charge < -0.3 is 25.4 Å². The number of halogens is 2. The van der Waals surface area contributed by atoms with Crippen LogP contribution in [0.15, 0.2) is 35.4 Å².